The van der Waals surface area contributed by atoms with Crippen molar-refractivity contribution in [3.8, 4) is 0 Å². The Hall–Kier alpha value is -1.01. The van der Waals surface area contributed by atoms with E-state index >= 15 is 0 Å². The maximum Gasteiger partial charge on any atom is 0.290 e. The SMILES string of the molecule is CCc1ccc(S(C)(=O)=O)cc1.CS.O=CO. The summed E-state index contributed by atoms with van der Waals surface area (Å²) in [6.45, 7) is 1.79. The highest BCUT2D eigenvalue weighted by atomic mass is 32.2. The highest BCUT2D eigenvalue weighted by Crippen LogP contribution is 2.10. The predicted octanol–water partition coefficient (Wildman–Crippen LogP) is 1.90. The first-order valence-corrected chi connectivity index (χ1v) is 7.55. The maximum atomic E-state index is 11.0. The number of carboxylic acid groups (broad SMARTS) is 1. The smallest absolute Gasteiger partial charge is 0.290 e. The normalized spacial score (nSPS) is 9.18. The van der Waals surface area contributed by atoms with Gasteiger partial charge in [-0.05, 0) is 30.4 Å². The first-order chi connectivity index (χ1) is 7.95. The number of carbonyl (C=O) groups is 1. The van der Waals surface area contributed by atoms with Gasteiger partial charge in [0, 0.05) is 6.26 Å². The second kappa shape index (κ2) is 10.2. The first kappa shape index (κ1) is 18.4. The van der Waals surface area contributed by atoms with E-state index in [2.05, 4.69) is 12.6 Å². The third-order valence-electron chi connectivity index (χ3n) is 1.76. The summed E-state index contributed by atoms with van der Waals surface area (Å²) >= 11 is 3.53. The van der Waals surface area contributed by atoms with Crippen LogP contribution in [0.5, 0.6) is 0 Å². The van der Waals surface area contributed by atoms with Crippen LogP contribution in [0.15, 0.2) is 29.2 Å². The molecule has 17 heavy (non-hydrogen) atoms. The molecule has 98 valence electrons. The maximum absolute atomic E-state index is 11.0. The molecule has 0 atom stereocenters. The summed E-state index contributed by atoms with van der Waals surface area (Å²) in [4.78, 5) is 8.75. The molecule has 0 saturated carbocycles. The number of benzene rings is 1. The van der Waals surface area contributed by atoms with Crippen molar-refractivity contribution in [2.24, 2.45) is 0 Å². The molecule has 6 heteroatoms. The lowest BCUT2D eigenvalue weighted by Gasteiger charge is -1.99. The highest BCUT2D eigenvalue weighted by molar-refractivity contribution is 7.90. The molecule has 1 N–H and O–H groups in total. The van der Waals surface area contributed by atoms with Crippen LogP contribution in [0.25, 0.3) is 0 Å². The number of sulfone groups is 1. The van der Waals surface area contributed by atoms with E-state index in [0.29, 0.717) is 4.90 Å². The van der Waals surface area contributed by atoms with Crippen LogP contribution >= 0.6 is 12.6 Å². The second-order valence-corrected chi connectivity index (χ2v) is 4.89. The van der Waals surface area contributed by atoms with E-state index in [1.807, 2.05) is 19.1 Å². The van der Waals surface area contributed by atoms with E-state index < -0.39 is 9.84 Å². The van der Waals surface area contributed by atoms with Crippen molar-refractivity contribution in [2.75, 3.05) is 12.5 Å². The van der Waals surface area contributed by atoms with Gasteiger partial charge in [-0.25, -0.2) is 8.42 Å². The molecular weight excluding hydrogens is 260 g/mol. The molecule has 0 aliphatic carbocycles. The number of hydrogen-bond donors (Lipinski definition) is 2. The molecule has 0 unspecified atom stereocenters. The summed E-state index contributed by atoms with van der Waals surface area (Å²) < 4.78 is 22.1. The zero-order valence-corrected chi connectivity index (χ0v) is 11.8. The van der Waals surface area contributed by atoms with E-state index in [-0.39, 0.29) is 6.47 Å². The zero-order valence-electron chi connectivity index (χ0n) is 10.1. The molecule has 1 aromatic carbocycles. The Morgan fingerprint density at radius 3 is 1.82 bits per heavy atom. The number of thiol groups is 1. The lowest BCUT2D eigenvalue weighted by molar-refractivity contribution is -0.122. The highest BCUT2D eigenvalue weighted by Gasteiger charge is 2.04. The fourth-order valence-corrected chi connectivity index (χ4v) is 1.60. The number of hydrogen-bond acceptors (Lipinski definition) is 4. The number of aryl methyl sites for hydroxylation is 1. The van der Waals surface area contributed by atoms with Crippen LogP contribution in [-0.2, 0) is 21.1 Å². The Labute approximate surface area is 108 Å². The van der Waals surface area contributed by atoms with Gasteiger partial charge >= 0.3 is 0 Å². The molecule has 0 spiro atoms. The van der Waals surface area contributed by atoms with Gasteiger partial charge in [0.15, 0.2) is 9.84 Å². The minimum atomic E-state index is -3.03. The lowest BCUT2D eigenvalue weighted by Crippen LogP contribution is -1.96. The summed E-state index contributed by atoms with van der Waals surface area (Å²) in [5, 5.41) is 6.89. The van der Waals surface area contributed by atoms with Crippen molar-refractivity contribution in [1.82, 2.24) is 0 Å². The Morgan fingerprint density at radius 1 is 1.24 bits per heavy atom. The Bertz CT molecular complexity index is 396. The van der Waals surface area contributed by atoms with Gasteiger partial charge in [-0.1, -0.05) is 19.1 Å². The van der Waals surface area contributed by atoms with Crippen LogP contribution in [0.3, 0.4) is 0 Å². The molecule has 1 rings (SSSR count). The summed E-state index contributed by atoms with van der Waals surface area (Å²) in [5.41, 5.74) is 1.16. The number of rotatable bonds is 2. The van der Waals surface area contributed by atoms with E-state index in [0.717, 1.165) is 12.0 Å². The van der Waals surface area contributed by atoms with Gasteiger partial charge in [-0.3, -0.25) is 4.79 Å². The third-order valence-corrected chi connectivity index (χ3v) is 2.89. The average Bonchev–Trinajstić information content (AvgIpc) is 2.32. The molecule has 0 amide bonds. The van der Waals surface area contributed by atoms with Gasteiger partial charge < -0.3 is 5.11 Å². The molecule has 1 aromatic rings. The predicted molar refractivity (Wildman–Crippen MR) is 72.5 cm³/mol. The van der Waals surface area contributed by atoms with Crippen molar-refractivity contribution in [3.63, 3.8) is 0 Å². The van der Waals surface area contributed by atoms with Crippen molar-refractivity contribution < 1.29 is 18.3 Å². The van der Waals surface area contributed by atoms with Crippen molar-refractivity contribution in [1.29, 1.82) is 0 Å². The lowest BCUT2D eigenvalue weighted by atomic mass is 10.2. The van der Waals surface area contributed by atoms with E-state index in [4.69, 9.17) is 9.90 Å². The van der Waals surface area contributed by atoms with Crippen molar-refractivity contribution >= 4 is 28.9 Å². The Morgan fingerprint density at radius 2 is 1.59 bits per heavy atom. The average molecular weight is 278 g/mol. The molecule has 0 aliphatic rings. The molecule has 0 bridgehead atoms. The van der Waals surface area contributed by atoms with Gasteiger partial charge in [-0.2, -0.15) is 12.6 Å². The molecule has 0 aromatic heterocycles. The van der Waals surface area contributed by atoms with Crippen LogP contribution in [-0.4, -0.2) is 32.5 Å². The molecule has 4 nitrogen and oxygen atoms in total. The topological polar surface area (TPSA) is 71.4 Å². The van der Waals surface area contributed by atoms with Crippen molar-refractivity contribution in [2.45, 2.75) is 18.2 Å². The fourth-order valence-electron chi connectivity index (χ4n) is 0.972. The Kier molecular flexibility index (Phi) is 11.0. The largest absolute Gasteiger partial charge is 0.483 e. The van der Waals surface area contributed by atoms with E-state index in [1.165, 1.54) is 6.26 Å². The van der Waals surface area contributed by atoms with Crippen LogP contribution < -0.4 is 0 Å². The third kappa shape index (κ3) is 8.76. The molecule has 0 radical (unpaired) electrons. The summed E-state index contributed by atoms with van der Waals surface area (Å²) in [6, 6.07) is 6.98. The molecule has 0 saturated heterocycles. The fraction of sp³-hybridized carbons (Fsp3) is 0.364. The van der Waals surface area contributed by atoms with Crippen LogP contribution in [0.2, 0.25) is 0 Å². The Balaban J connectivity index is 0. The quantitative estimate of drug-likeness (QED) is 0.640. The van der Waals surface area contributed by atoms with Crippen molar-refractivity contribution in [3.05, 3.63) is 29.8 Å². The standard InChI is InChI=1S/C9H12O2S.CH2O2.CH4S/c1-3-8-4-6-9(7-5-8)12(2,10)11;2-1-3;1-2/h4-7H,3H2,1-2H3;1H,(H,2,3);2H,1H3. The van der Waals surface area contributed by atoms with Gasteiger partial charge in [-0.15, -0.1) is 0 Å². The summed E-state index contributed by atoms with van der Waals surface area (Å²) in [6.07, 6.45) is 3.85. The van der Waals surface area contributed by atoms with Gasteiger partial charge in [0.05, 0.1) is 4.90 Å². The zero-order chi connectivity index (χ0) is 13.9. The minimum absolute atomic E-state index is 0.250. The van der Waals surface area contributed by atoms with Crippen LogP contribution in [0, 0.1) is 0 Å². The second-order valence-electron chi connectivity index (χ2n) is 2.88. The van der Waals surface area contributed by atoms with E-state index in [1.54, 1.807) is 18.4 Å². The van der Waals surface area contributed by atoms with Gasteiger partial charge in [0.25, 0.3) is 6.47 Å². The summed E-state index contributed by atoms with van der Waals surface area (Å²) in [5.74, 6) is 0. The monoisotopic (exact) mass is 278 g/mol. The van der Waals surface area contributed by atoms with E-state index in [9.17, 15) is 8.42 Å². The van der Waals surface area contributed by atoms with Gasteiger partial charge in [0.1, 0.15) is 0 Å². The molecule has 0 heterocycles. The minimum Gasteiger partial charge on any atom is -0.483 e. The van der Waals surface area contributed by atoms with Crippen LogP contribution in [0.1, 0.15) is 12.5 Å². The van der Waals surface area contributed by atoms with Crippen LogP contribution in [0.4, 0.5) is 0 Å². The first-order valence-electron chi connectivity index (χ1n) is 4.77. The molecule has 0 aliphatic heterocycles. The molecule has 0 fully saturated rings. The summed E-state index contributed by atoms with van der Waals surface area (Å²) in [7, 11) is -3.03. The molecular formula is C11H18O4S2. The van der Waals surface area contributed by atoms with Gasteiger partial charge in [0.2, 0.25) is 0 Å².